The molecule has 0 unspecified atom stereocenters. The van der Waals surface area contributed by atoms with Crippen LogP contribution in [0.15, 0.2) is 146 Å². The highest BCUT2D eigenvalue weighted by atomic mass is 15.2. The zero-order valence-corrected chi connectivity index (χ0v) is 27.6. The molecular weight excluding hydrogens is 585 g/mol. The molecule has 1 aromatic heterocycles. The van der Waals surface area contributed by atoms with E-state index >= 15 is 0 Å². The van der Waals surface area contributed by atoms with E-state index in [4.69, 9.17) is 15.0 Å². The van der Waals surface area contributed by atoms with Crippen molar-refractivity contribution in [3.63, 3.8) is 0 Å². The van der Waals surface area contributed by atoms with Crippen molar-refractivity contribution in [2.75, 3.05) is 4.90 Å². The summed E-state index contributed by atoms with van der Waals surface area (Å²) in [6.07, 6.45) is 0. The molecule has 2 heterocycles. The Morgan fingerprint density at radius 2 is 0.854 bits per heavy atom. The smallest absolute Gasteiger partial charge is 0.164 e. The highest BCUT2D eigenvalue weighted by Gasteiger charge is 2.36. The third-order valence-electron chi connectivity index (χ3n) is 9.45. The van der Waals surface area contributed by atoms with E-state index in [1.165, 1.54) is 33.6 Å². The van der Waals surface area contributed by atoms with Crippen molar-refractivity contribution in [2.24, 2.45) is 0 Å². The quantitative estimate of drug-likeness (QED) is 0.192. The van der Waals surface area contributed by atoms with Crippen molar-refractivity contribution < 1.29 is 0 Å². The van der Waals surface area contributed by atoms with Crippen LogP contribution in [0.4, 0.5) is 17.1 Å². The summed E-state index contributed by atoms with van der Waals surface area (Å²) >= 11 is 0. The van der Waals surface area contributed by atoms with E-state index in [0.717, 1.165) is 33.5 Å². The highest BCUT2D eigenvalue weighted by Crippen LogP contribution is 2.51. The average molecular weight is 621 g/mol. The van der Waals surface area contributed by atoms with Gasteiger partial charge in [0, 0.05) is 27.8 Å². The van der Waals surface area contributed by atoms with Gasteiger partial charge in [0.15, 0.2) is 17.5 Å². The number of benzene rings is 6. The molecule has 0 saturated carbocycles. The molecule has 0 spiro atoms. The predicted molar refractivity (Wildman–Crippen MR) is 198 cm³/mol. The molecule has 0 radical (unpaired) electrons. The molecule has 232 valence electrons. The van der Waals surface area contributed by atoms with E-state index in [1.54, 1.807) is 0 Å². The molecule has 0 atom stereocenters. The number of rotatable bonds is 5. The summed E-state index contributed by atoms with van der Waals surface area (Å²) in [6.45, 7) is 8.81. The summed E-state index contributed by atoms with van der Waals surface area (Å²) in [5, 5.41) is 0. The predicted octanol–water partition coefficient (Wildman–Crippen LogP) is 11.3. The fourth-order valence-corrected chi connectivity index (χ4v) is 6.78. The van der Waals surface area contributed by atoms with Crippen LogP contribution in [-0.4, -0.2) is 15.0 Å². The van der Waals surface area contributed by atoms with Crippen LogP contribution in [-0.2, 0) is 5.41 Å². The number of fused-ring (bicyclic) bond motifs is 2. The Bertz CT molecular complexity index is 2170. The lowest BCUT2D eigenvalue weighted by atomic mass is 9.73. The normalized spacial score (nSPS) is 13.1. The molecule has 0 saturated heterocycles. The monoisotopic (exact) mass is 620 g/mol. The summed E-state index contributed by atoms with van der Waals surface area (Å²) in [6, 6.07) is 51.6. The van der Waals surface area contributed by atoms with Crippen molar-refractivity contribution in [1.29, 1.82) is 0 Å². The molecule has 0 amide bonds. The van der Waals surface area contributed by atoms with Gasteiger partial charge in [0.2, 0.25) is 0 Å². The molecule has 0 bridgehead atoms. The Kier molecular flexibility index (Phi) is 7.22. The molecule has 6 aromatic carbocycles. The van der Waals surface area contributed by atoms with Gasteiger partial charge in [-0.25, -0.2) is 15.0 Å². The molecule has 0 aliphatic carbocycles. The van der Waals surface area contributed by atoms with E-state index in [9.17, 15) is 0 Å². The first-order valence-electron chi connectivity index (χ1n) is 16.5. The van der Waals surface area contributed by atoms with Gasteiger partial charge >= 0.3 is 0 Å². The highest BCUT2D eigenvalue weighted by molar-refractivity contribution is 5.87. The van der Waals surface area contributed by atoms with E-state index in [1.807, 2.05) is 0 Å². The van der Waals surface area contributed by atoms with Crippen LogP contribution in [0.3, 0.4) is 0 Å². The van der Waals surface area contributed by atoms with Gasteiger partial charge in [-0.05, 0) is 66.4 Å². The minimum atomic E-state index is -0.102. The third kappa shape index (κ3) is 5.26. The van der Waals surface area contributed by atoms with Crippen LogP contribution in [0.1, 0.15) is 36.1 Å². The van der Waals surface area contributed by atoms with Gasteiger partial charge in [-0.3, -0.25) is 0 Å². The van der Waals surface area contributed by atoms with Crippen LogP contribution in [0.5, 0.6) is 0 Å². The first kappa shape index (κ1) is 29.5. The molecule has 4 nitrogen and oxygen atoms in total. The Morgan fingerprint density at radius 3 is 1.40 bits per heavy atom. The maximum absolute atomic E-state index is 5.01. The Balaban J connectivity index is 1.23. The standard InChI is InChI=1S/C44H36N4/c1-29-19-23-31(24-20-29)41-45-42(32-25-21-30(2)22-26-32)47-43(46-41)35-13-9-11-33(27-35)34-12-10-14-36(28-34)48-39-17-7-5-15-37(39)44(3,4)38-16-6-8-18-40(38)48/h5-28H,1-4H3. The molecule has 4 heteroatoms. The van der Waals surface area contributed by atoms with Crippen molar-refractivity contribution in [3.8, 4) is 45.3 Å². The number of nitrogens with zero attached hydrogens (tertiary/aromatic N) is 4. The first-order valence-corrected chi connectivity index (χ1v) is 16.5. The number of aryl methyl sites for hydroxylation is 2. The van der Waals surface area contributed by atoms with E-state index in [2.05, 4.69) is 178 Å². The molecule has 48 heavy (non-hydrogen) atoms. The minimum absolute atomic E-state index is 0.102. The van der Waals surface area contributed by atoms with Gasteiger partial charge < -0.3 is 4.90 Å². The molecule has 0 N–H and O–H groups in total. The van der Waals surface area contributed by atoms with Crippen molar-refractivity contribution in [3.05, 3.63) is 168 Å². The molecule has 0 fully saturated rings. The molecule has 8 rings (SSSR count). The van der Waals surface area contributed by atoms with Gasteiger partial charge in [0.1, 0.15) is 0 Å². The van der Waals surface area contributed by atoms with Crippen molar-refractivity contribution in [1.82, 2.24) is 15.0 Å². The molecule has 1 aliphatic rings. The Labute approximate surface area is 282 Å². The lowest BCUT2D eigenvalue weighted by Crippen LogP contribution is -2.30. The number of anilines is 3. The lowest BCUT2D eigenvalue weighted by molar-refractivity contribution is 0.632. The van der Waals surface area contributed by atoms with Gasteiger partial charge in [-0.15, -0.1) is 0 Å². The van der Waals surface area contributed by atoms with Crippen molar-refractivity contribution >= 4 is 17.1 Å². The summed E-state index contributed by atoms with van der Waals surface area (Å²) in [5.41, 5.74) is 13.6. The number of aromatic nitrogens is 3. The Morgan fingerprint density at radius 1 is 0.417 bits per heavy atom. The topological polar surface area (TPSA) is 41.9 Å². The fraction of sp³-hybridized carbons (Fsp3) is 0.114. The van der Waals surface area contributed by atoms with Crippen LogP contribution in [0.25, 0.3) is 45.3 Å². The third-order valence-corrected chi connectivity index (χ3v) is 9.45. The first-order chi connectivity index (χ1) is 23.3. The number of para-hydroxylation sites is 2. The van der Waals surface area contributed by atoms with Gasteiger partial charge in [-0.2, -0.15) is 0 Å². The zero-order valence-electron chi connectivity index (χ0n) is 27.6. The molecule has 7 aromatic rings. The Hall–Kier alpha value is -5.87. The van der Waals surface area contributed by atoms with Crippen LogP contribution < -0.4 is 4.90 Å². The second kappa shape index (κ2) is 11.7. The van der Waals surface area contributed by atoms with Crippen LogP contribution in [0, 0.1) is 13.8 Å². The zero-order chi connectivity index (χ0) is 32.8. The largest absolute Gasteiger partial charge is 0.310 e. The molecular formula is C44H36N4. The lowest BCUT2D eigenvalue weighted by Gasteiger charge is -2.42. The second-order valence-electron chi connectivity index (χ2n) is 13.2. The number of hydrogen-bond acceptors (Lipinski definition) is 4. The van der Waals surface area contributed by atoms with Crippen molar-refractivity contribution in [2.45, 2.75) is 33.1 Å². The maximum Gasteiger partial charge on any atom is 0.164 e. The van der Waals surface area contributed by atoms with Gasteiger partial charge in [0.25, 0.3) is 0 Å². The number of hydrogen-bond donors (Lipinski definition) is 0. The van der Waals surface area contributed by atoms with Gasteiger partial charge in [-0.1, -0.05) is 140 Å². The summed E-state index contributed by atoms with van der Waals surface area (Å²) < 4.78 is 0. The minimum Gasteiger partial charge on any atom is -0.310 e. The van der Waals surface area contributed by atoms with Gasteiger partial charge in [0.05, 0.1) is 11.4 Å². The SMILES string of the molecule is Cc1ccc(-c2nc(-c3ccc(C)cc3)nc(-c3cccc(-c4cccc(N5c6ccccc6C(C)(C)c6ccccc65)c4)c3)n2)cc1. The summed E-state index contributed by atoms with van der Waals surface area (Å²) in [4.78, 5) is 17.3. The second-order valence-corrected chi connectivity index (χ2v) is 13.2. The summed E-state index contributed by atoms with van der Waals surface area (Å²) in [5.74, 6) is 1.97. The van der Waals surface area contributed by atoms with E-state index < -0.39 is 0 Å². The maximum atomic E-state index is 5.01. The van der Waals surface area contributed by atoms with E-state index in [0.29, 0.717) is 17.5 Å². The van der Waals surface area contributed by atoms with Crippen LogP contribution in [0.2, 0.25) is 0 Å². The summed E-state index contributed by atoms with van der Waals surface area (Å²) in [7, 11) is 0. The molecule has 1 aliphatic heterocycles. The van der Waals surface area contributed by atoms with E-state index in [-0.39, 0.29) is 5.41 Å². The average Bonchev–Trinajstić information content (AvgIpc) is 3.12. The van der Waals surface area contributed by atoms with Crippen LogP contribution >= 0.6 is 0 Å². The fourth-order valence-electron chi connectivity index (χ4n) is 6.78.